The van der Waals surface area contributed by atoms with Gasteiger partial charge in [0.2, 0.25) is 15.9 Å². The number of rotatable bonds is 8. The Labute approximate surface area is 161 Å². The number of hydrogen-bond acceptors (Lipinski definition) is 5. The molecule has 0 aliphatic carbocycles. The van der Waals surface area contributed by atoms with E-state index in [2.05, 4.69) is 10.0 Å². The third-order valence-corrected chi connectivity index (χ3v) is 6.10. The van der Waals surface area contributed by atoms with E-state index in [-0.39, 0.29) is 17.0 Å². The molecule has 11 heteroatoms. The van der Waals surface area contributed by atoms with Gasteiger partial charge in [-0.05, 0) is 30.7 Å². The predicted molar refractivity (Wildman–Crippen MR) is 99.9 cm³/mol. The van der Waals surface area contributed by atoms with Gasteiger partial charge in [-0.1, -0.05) is 18.2 Å². The van der Waals surface area contributed by atoms with Gasteiger partial charge in [0.05, 0.1) is 10.6 Å². The van der Waals surface area contributed by atoms with Gasteiger partial charge >= 0.3 is 0 Å². The Bertz CT molecular complexity index is 1060. The first-order chi connectivity index (χ1) is 13.0. The molecule has 0 saturated heterocycles. The van der Waals surface area contributed by atoms with Crippen molar-refractivity contribution in [1.82, 2.24) is 4.72 Å². The summed E-state index contributed by atoms with van der Waals surface area (Å²) in [7, 11) is -7.60. The number of sulfone groups is 1. The third-order valence-electron chi connectivity index (χ3n) is 3.63. The smallest absolute Gasteiger partial charge is 0.242 e. The molecular formula is C17H18F2N2O5S2. The molecule has 2 aromatic carbocycles. The Balaban J connectivity index is 2.25. The van der Waals surface area contributed by atoms with Crippen molar-refractivity contribution in [3.05, 3.63) is 60.2 Å². The molecule has 0 heterocycles. The quantitative estimate of drug-likeness (QED) is 0.660. The van der Waals surface area contributed by atoms with Gasteiger partial charge in [0.25, 0.3) is 0 Å². The second kappa shape index (κ2) is 8.76. The van der Waals surface area contributed by atoms with Crippen LogP contribution in [0.3, 0.4) is 0 Å². The molecule has 0 radical (unpaired) electrons. The van der Waals surface area contributed by atoms with Crippen LogP contribution < -0.4 is 10.0 Å². The van der Waals surface area contributed by atoms with Crippen LogP contribution in [0.15, 0.2) is 53.4 Å². The van der Waals surface area contributed by atoms with Crippen molar-refractivity contribution in [3.8, 4) is 0 Å². The minimum Gasteiger partial charge on any atom is -0.325 e. The van der Waals surface area contributed by atoms with E-state index in [1.165, 1.54) is 24.3 Å². The van der Waals surface area contributed by atoms with E-state index in [0.29, 0.717) is 0 Å². The maximum Gasteiger partial charge on any atom is 0.242 e. The Morgan fingerprint density at radius 1 is 1.00 bits per heavy atom. The van der Waals surface area contributed by atoms with Gasteiger partial charge in [0, 0.05) is 18.0 Å². The van der Waals surface area contributed by atoms with Gasteiger partial charge in [0.1, 0.15) is 15.9 Å². The molecule has 0 aromatic heterocycles. The maximum absolute atomic E-state index is 13.3. The zero-order chi connectivity index (χ0) is 20.9. The molecule has 2 rings (SSSR count). The van der Waals surface area contributed by atoms with Crippen molar-refractivity contribution in [2.24, 2.45) is 0 Å². The highest BCUT2D eigenvalue weighted by atomic mass is 32.2. The lowest BCUT2D eigenvalue weighted by atomic mass is 10.2. The van der Waals surface area contributed by atoms with Crippen molar-refractivity contribution in [3.63, 3.8) is 0 Å². The number of sulfonamides is 1. The molecule has 28 heavy (non-hydrogen) atoms. The van der Waals surface area contributed by atoms with E-state index in [4.69, 9.17) is 0 Å². The number of halogens is 2. The molecule has 7 nitrogen and oxygen atoms in total. The minimum atomic E-state index is -4.12. The highest BCUT2D eigenvalue weighted by Crippen LogP contribution is 2.15. The normalized spacial score (nSPS) is 13.1. The monoisotopic (exact) mass is 432 g/mol. The standard InChI is InChI=1S/C17H18F2N2O5S2/c1-27(23,24)10-9-16(21-28(25,26)13-5-3-2-4-6-13)17(22)20-12-7-8-14(18)15(19)11-12/h2-8,11,16,21H,9-10H2,1H3,(H,20,22)/t16-/m0/s1. The van der Waals surface area contributed by atoms with E-state index in [1.54, 1.807) is 6.07 Å². The lowest BCUT2D eigenvalue weighted by Gasteiger charge is -2.18. The molecule has 152 valence electrons. The zero-order valence-corrected chi connectivity index (χ0v) is 16.4. The van der Waals surface area contributed by atoms with Crippen molar-refractivity contribution in [1.29, 1.82) is 0 Å². The number of hydrogen-bond donors (Lipinski definition) is 2. The van der Waals surface area contributed by atoms with Crippen LogP contribution in [-0.4, -0.2) is 40.8 Å². The van der Waals surface area contributed by atoms with Crippen LogP contribution in [0.1, 0.15) is 6.42 Å². The highest BCUT2D eigenvalue weighted by molar-refractivity contribution is 7.90. The Kier molecular flexibility index (Phi) is 6.86. The van der Waals surface area contributed by atoms with Gasteiger partial charge in [-0.15, -0.1) is 0 Å². The highest BCUT2D eigenvalue weighted by Gasteiger charge is 2.27. The van der Waals surface area contributed by atoms with Crippen molar-refractivity contribution in [2.45, 2.75) is 17.4 Å². The van der Waals surface area contributed by atoms with Gasteiger partial charge in [-0.25, -0.2) is 25.6 Å². The topological polar surface area (TPSA) is 109 Å². The van der Waals surface area contributed by atoms with E-state index < -0.39 is 49.2 Å². The second-order valence-corrected chi connectivity index (χ2v) is 10.00. The fourth-order valence-corrected chi connectivity index (χ4v) is 4.15. The van der Waals surface area contributed by atoms with Crippen LogP contribution in [0.25, 0.3) is 0 Å². The summed E-state index contributed by atoms with van der Waals surface area (Å²) in [5.74, 6) is -3.68. The molecule has 0 aliphatic heterocycles. The van der Waals surface area contributed by atoms with Crippen LogP contribution >= 0.6 is 0 Å². The van der Waals surface area contributed by atoms with E-state index in [9.17, 15) is 30.4 Å². The van der Waals surface area contributed by atoms with Crippen molar-refractivity contribution >= 4 is 31.5 Å². The van der Waals surface area contributed by atoms with Crippen LogP contribution in [-0.2, 0) is 24.7 Å². The van der Waals surface area contributed by atoms with Crippen LogP contribution in [0.2, 0.25) is 0 Å². The number of anilines is 1. The van der Waals surface area contributed by atoms with E-state index >= 15 is 0 Å². The van der Waals surface area contributed by atoms with Gasteiger partial charge < -0.3 is 5.32 Å². The molecule has 1 amide bonds. The molecule has 0 bridgehead atoms. The fraction of sp³-hybridized carbons (Fsp3) is 0.235. The SMILES string of the molecule is CS(=O)(=O)CC[C@H](NS(=O)(=O)c1ccccc1)C(=O)Nc1ccc(F)c(F)c1. The second-order valence-electron chi connectivity index (χ2n) is 6.02. The summed E-state index contributed by atoms with van der Waals surface area (Å²) in [6, 6.07) is 8.37. The minimum absolute atomic E-state index is 0.104. The maximum atomic E-state index is 13.3. The Morgan fingerprint density at radius 2 is 1.64 bits per heavy atom. The van der Waals surface area contributed by atoms with Crippen molar-refractivity contribution < 1.29 is 30.4 Å². The molecule has 0 spiro atoms. The predicted octanol–water partition coefficient (Wildman–Crippen LogP) is 1.69. The largest absolute Gasteiger partial charge is 0.325 e. The molecule has 0 saturated carbocycles. The summed E-state index contributed by atoms with van der Waals surface area (Å²) in [5, 5.41) is 2.25. The average molecular weight is 432 g/mol. The van der Waals surface area contributed by atoms with Crippen LogP contribution in [0, 0.1) is 11.6 Å². The van der Waals surface area contributed by atoms with Gasteiger partial charge in [0.15, 0.2) is 11.6 Å². The molecule has 2 N–H and O–H groups in total. The summed E-state index contributed by atoms with van der Waals surface area (Å²) in [5.41, 5.74) is -0.104. The van der Waals surface area contributed by atoms with Gasteiger partial charge in [-0.2, -0.15) is 4.72 Å². The van der Waals surface area contributed by atoms with Crippen LogP contribution in [0.5, 0.6) is 0 Å². The number of nitrogens with one attached hydrogen (secondary N) is 2. The summed E-state index contributed by atoms with van der Waals surface area (Å²) < 4.78 is 76.3. The molecule has 0 unspecified atom stereocenters. The lowest BCUT2D eigenvalue weighted by Crippen LogP contribution is -2.44. The van der Waals surface area contributed by atoms with Crippen LogP contribution in [0.4, 0.5) is 14.5 Å². The zero-order valence-electron chi connectivity index (χ0n) is 14.7. The fourth-order valence-electron chi connectivity index (χ4n) is 2.23. The van der Waals surface area contributed by atoms with Crippen molar-refractivity contribution in [2.75, 3.05) is 17.3 Å². The summed E-state index contributed by atoms with van der Waals surface area (Å²) in [6.07, 6.45) is 0.601. The lowest BCUT2D eigenvalue weighted by molar-refractivity contribution is -0.117. The summed E-state index contributed by atoms with van der Waals surface area (Å²) in [4.78, 5) is 12.4. The van der Waals surface area contributed by atoms with E-state index in [0.717, 1.165) is 24.5 Å². The Morgan fingerprint density at radius 3 is 2.21 bits per heavy atom. The first kappa shape index (κ1) is 21.9. The average Bonchev–Trinajstić information content (AvgIpc) is 2.61. The first-order valence-electron chi connectivity index (χ1n) is 7.99. The Hall–Kier alpha value is -2.37. The number of carbonyl (C=O) groups excluding carboxylic acids is 1. The number of amides is 1. The summed E-state index contributed by atoms with van der Waals surface area (Å²) >= 11 is 0. The van der Waals surface area contributed by atoms with E-state index in [1.807, 2.05) is 0 Å². The molecule has 1 atom stereocenters. The molecule has 2 aromatic rings. The summed E-state index contributed by atoms with van der Waals surface area (Å²) in [6.45, 7) is 0. The number of benzene rings is 2. The molecule has 0 fully saturated rings. The van der Waals surface area contributed by atoms with Gasteiger partial charge in [-0.3, -0.25) is 4.79 Å². The number of carbonyl (C=O) groups is 1. The third kappa shape index (κ3) is 6.36. The molecule has 0 aliphatic rings. The first-order valence-corrected chi connectivity index (χ1v) is 11.5. The molecular weight excluding hydrogens is 414 g/mol.